The molecule has 0 atom stereocenters. The SMILES string of the molecule is N=C(N)c1ccc(O)c(NC(=O)CCCNc2ccc(OC3CCNCC3)c(C(F)(F)F)c2)c1. The molecule has 2 aromatic rings. The van der Waals surface area contributed by atoms with Crippen LogP contribution in [0.4, 0.5) is 24.5 Å². The number of carbonyl (C=O) groups is 1. The molecule has 11 heteroatoms. The number of alkyl halides is 3. The molecule has 0 saturated carbocycles. The van der Waals surface area contributed by atoms with Crippen molar-refractivity contribution in [2.24, 2.45) is 5.73 Å². The highest BCUT2D eigenvalue weighted by molar-refractivity contribution is 5.98. The number of nitrogens with two attached hydrogens (primary N) is 1. The number of amides is 1. The van der Waals surface area contributed by atoms with Gasteiger partial charge in [-0.1, -0.05) is 0 Å². The lowest BCUT2D eigenvalue weighted by Gasteiger charge is -2.25. The first-order valence-electron chi connectivity index (χ1n) is 10.9. The number of nitrogen functional groups attached to an aromatic ring is 1. The first kappa shape index (κ1) is 25.2. The molecule has 1 amide bonds. The van der Waals surface area contributed by atoms with Crippen molar-refractivity contribution < 1.29 is 27.8 Å². The maximum atomic E-state index is 13.6. The van der Waals surface area contributed by atoms with Crippen molar-refractivity contribution in [1.82, 2.24) is 5.32 Å². The fraction of sp³-hybridized carbons (Fsp3) is 0.391. The topological polar surface area (TPSA) is 132 Å². The van der Waals surface area contributed by atoms with E-state index in [-0.39, 0.29) is 53.7 Å². The lowest BCUT2D eigenvalue weighted by atomic mass is 10.1. The summed E-state index contributed by atoms with van der Waals surface area (Å²) >= 11 is 0. The van der Waals surface area contributed by atoms with Crippen molar-refractivity contribution in [1.29, 1.82) is 5.41 Å². The molecular formula is C23H28F3N5O3. The van der Waals surface area contributed by atoms with Crippen LogP contribution >= 0.6 is 0 Å². The van der Waals surface area contributed by atoms with Crippen molar-refractivity contribution in [3.63, 3.8) is 0 Å². The lowest BCUT2D eigenvalue weighted by molar-refractivity contribution is -0.139. The molecule has 0 radical (unpaired) electrons. The Morgan fingerprint density at radius 1 is 1.21 bits per heavy atom. The number of benzene rings is 2. The molecule has 184 valence electrons. The Labute approximate surface area is 195 Å². The average molecular weight is 480 g/mol. The summed E-state index contributed by atoms with van der Waals surface area (Å²) in [4.78, 5) is 12.2. The zero-order chi connectivity index (χ0) is 24.7. The van der Waals surface area contributed by atoms with Gasteiger partial charge in [-0.25, -0.2) is 0 Å². The van der Waals surface area contributed by atoms with Gasteiger partial charge in [0.2, 0.25) is 5.91 Å². The molecule has 2 aromatic carbocycles. The van der Waals surface area contributed by atoms with Gasteiger partial charge in [0.25, 0.3) is 0 Å². The number of anilines is 2. The molecule has 1 aliphatic rings. The van der Waals surface area contributed by atoms with E-state index < -0.39 is 11.7 Å². The van der Waals surface area contributed by atoms with Crippen molar-refractivity contribution in [3.8, 4) is 11.5 Å². The van der Waals surface area contributed by atoms with Gasteiger partial charge in [0.05, 0.1) is 11.3 Å². The molecule has 0 aromatic heterocycles. The van der Waals surface area contributed by atoms with Gasteiger partial charge < -0.3 is 31.5 Å². The predicted molar refractivity (Wildman–Crippen MR) is 123 cm³/mol. The van der Waals surface area contributed by atoms with Crippen LogP contribution < -0.4 is 26.4 Å². The zero-order valence-electron chi connectivity index (χ0n) is 18.5. The summed E-state index contributed by atoms with van der Waals surface area (Å²) in [5.74, 6) is -0.940. The Balaban J connectivity index is 1.53. The monoisotopic (exact) mass is 479 g/mol. The van der Waals surface area contributed by atoms with Crippen LogP contribution in [-0.4, -0.2) is 42.6 Å². The summed E-state index contributed by atoms with van der Waals surface area (Å²) in [5, 5.41) is 25.9. The van der Waals surface area contributed by atoms with Crippen molar-refractivity contribution in [2.45, 2.75) is 38.0 Å². The molecule has 1 fully saturated rings. The number of rotatable bonds is 9. The Kier molecular flexibility index (Phi) is 8.21. The van der Waals surface area contributed by atoms with E-state index in [4.69, 9.17) is 15.9 Å². The fourth-order valence-electron chi connectivity index (χ4n) is 3.56. The van der Waals surface area contributed by atoms with Crippen LogP contribution in [0.25, 0.3) is 0 Å². The molecule has 0 spiro atoms. The molecule has 0 bridgehead atoms. The second kappa shape index (κ2) is 11.1. The Morgan fingerprint density at radius 3 is 2.62 bits per heavy atom. The largest absolute Gasteiger partial charge is 0.506 e. The Morgan fingerprint density at radius 2 is 1.94 bits per heavy atom. The molecule has 0 aliphatic carbocycles. The number of aromatic hydroxyl groups is 1. The number of halogens is 3. The van der Waals surface area contributed by atoms with Gasteiger partial charge in [0.15, 0.2) is 0 Å². The van der Waals surface area contributed by atoms with E-state index >= 15 is 0 Å². The maximum Gasteiger partial charge on any atom is 0.420 e. The van der Waals surface area contributed by atoms with Gasteiger partial charge in [-0.2, -0.15) is 13.2 Å². The van der Waals surface area contributed by atoms with E-state index in [9.17, 15) is 23.1 Å². The molecule has 1 saturated heterocycles. The van der Waals surface area contributed by atoms with Crippen molar-refractivity contribution >= 4 is 23.1 Å². The third-order valence-electron chi connectivity index (χ3n) is 5.36. The molecule has 8 nitrogen and oxygen atoms in total. The van der Waals surface area contributed by atoms with E-state index in [1.54, 1.807) is 0 Å². The first-order valence-corrected chi connectivity index (χ1v) is 10.9. The van der Waals surface area contributed by atoms with Crippen LogP contribution in [0.2, 0.25) is 0 Å². The zero-order valence-corrected chi connectivity index (χ0v) is 18.5. The molecule has 0 unspecified atom stereocenters. The fourth-order valence-corrected chi connectivity index (χ4v) is 3.56. The summed E-state index contributed by atoms with van der Waals surface area (Å²) in [6.45, 7) is 1.68. The average Bonchev–Trinajstić information content (AvgIpc) is 2.79. The summed E-state index contributed by atoms with van der Waals surface area (Å²) < 4.78 is 46.4. The van der Waals surface area contributed by atoms with Gasteiger partial charge in [0.1, 0.15) is 23.4 Å². The van der Waals surface area contributed by atoms with E-state index in [1.807, 2.05) is 0 Å². The van der Waals surface area contributed by atoms with E-state index in [2.05, 4.69) is 16.0 Å². The third kappa shape index (κ3) is 7.01. The molecule has 34 heavy (non-hydrogen) atoms. The summed E-state index contributed by atoms with van der Waals surface area (Å²) in [5.41, 5.74) is 5.33. The van der Waals surface area contributed by atoms with Gasteiger partial charge >= 0.3 is 6.18 Å². The Hall–Kier alpha value is -3.47. The molecule has 1 heterocycles. The van der Waals surface area contributed by atoms with Gasteiger partial charge in [0, 0.05) is 24.2 Å². The van der Waals surface area contributed by atoms with Crippen LogP contribution in [0.3, 0.4) is 0 Å². The number of ether oxygens (including phenoxy) is 1. The lowest BCUT2D eigenvalue weighted by Crippen LogP contribution is -2.34. The molecule has 1 aliphatic heterocycles. The minimum atomic E-state index is -4.56. The number of hydrogen-bond donors (Lipinski definition) is 6. The van der Waals surface area contributed by atoms with Gasteiger partial charge in [-0.3, -0.25) is 10.2 Å². The summed E-state index contributed by atoms with van der Waals surface area (Å²) in [6, 6.07) is 8.03. The van der Waals surface area contributed by atoms with Crippen LogP contribution in [0.1, 0.15) is 36.8 Å². The van der Waals surface area contributed by atoms with Gasteiger partial charge in [-0.15, -0.1) is 0 Å². The summed E-state index contributed by atoms with van der Waals surface area (Å²) in [6.07, 6.45) is -3.11. The Bertz CT molecular complexity index is 1020. The number of amidine groups is 1. The number of nitrogens with one attached hydrogen (secondary N) is 4. The van der Waals surface area contributed by atoms with Crippen LogP contribution in [0.5, 0.6) is 11.5 Å². The standard InChI is InChI=1S/C23H28F3N5O3/c24-23(25,26)17-13-15(4-6-20(17)34-16-7-10-29-11-8-16)30-9-1-2-21(33)31-18-12-14(22(27)28)3-5-19(18)32/h3-6,12-13,16,29-30,32H,1-2,7-11H2,(H3,27,28)(H,31,33). The summed E-state index contributed by atoms with van der Waals surface area (Å²) in [7, 11) is 0. The van der Waals surface area contributed by atoms with Crippen LogP contribution in [-0.2, 0) is 11.0 Å². The highest BCUT2D eigenvalue weighted by Gasteiger charge is 2.35. The minimum absolute atomic E-state index is 0.0692. The smallest absolute Gasteiger partial charge is 0.420 e. The van der Waals surface area contributed by atoms with E-state index in [0.29, 0.717) is 37.9 Å². The number of carbonyl (C=O) groups excluding carboxylic acids is 1. The molecular weight excluding hydrogens is 451 g/mol. The molecule has 7 N–H and O–H groups in total. The van der Waals surface area contributed by atoms with Gasteiger partial charge in [-0.05, 0) is 68.8 Å². The predicted octanol–water partition coefficient (Wildman–Crippen LogP) is 3.66. The highest BCUT2D eigenvalue weighted by Crippen LogP contribution is 2.38. The highest BCUT2D eigenvalue weighted by atomic mass is 19.4. The second-order valence-corrected chi connectivity index (χ2v) is 8.00. The third-order valence-corrected chi connectivity index (χ3v) is 5.36. The number of piperidine rings is 1. The van der Waals surface area contributed by atoms with E-state index in [1.165, 1.54) is 30.3 Å². The normalized spacial score (nSPS) is 14.4. The van der Waals surface area contributed by atoms with Crippen molar-refractivity contribution in [2.75, 3.05) is 30.3 Å². The second-order valence-electron chi connectivity index (χ2n) is 8.00. The van der Waals surface area contributed by atoms with Crippen LogP contribution in [0, 0.1) is 5.41 Å². The number of hydrogen-bond acceptors (Lipinski definition) is 6. The maximum absolute atomic E-state index is 13.6. The minimum Gasteiger partial charge on any atom is -0.506 e. The first-order chi connectivity index (χ1) is 16.1. The van der Waals surface area contributed by atoms with Crippen molar-refractivity contribution in [3.05, 3.63) is 47.5 Å². The number of phenols is 1. The van der Waals surface area contributed by atoms with E-state index in [0.717, 1.165) is 6.07 Å². The van der Waals surface area contributed by atoms with Crippen LogP contribution in [0.15, 0.2) is 36.4 Å². The number of phenolic OH excluding ortho intramolecular Hbond substituents is 1. The molecule has 3 rings (SSSR count). The quantitative estimate of drug-likeness (QED) is 0.141.